The van der Waals surface area contributed by atoms with Gasteiger partial charge < -0.3 is 10.4 Å². The fourth-order valence-corrected chi connectivity index (χ4v) is 2.28. The average Bonchev–Trinajstić information content (AvgIpc) is 2.33. The summed E-state index contributed by atoms with van der Waals surface area (Å²) in [6.45, 7) is 8.44. The third-order valence-electron chi connectivity index (χ3n) is 2.68. The molecule has 0 spiro atoms. The Morgan fingerprint density at radius 3 is 2.58 bits per heavy atom. The average molecular weight is 281 g/mol. The van der Waals surface area contributed by atoms with E-state index in [2.05, 4.69) is 26.1 Å². The molecule has 0 aliphatic rings. The van der Waals surface area contributed by atoms with Crippen molar-refractivity contribution in [3.8, 4) is 0 Å². The molecule has 1 aromatic carbocycles. The van der Waals surface area contributed by atoms with E-state index in [1.165, 1.54) is 0 Å². The molecule has 1 aromatic rings. The number of nitrogens with one attached hydrogen (secondary N) is 1. The lowest BCUT2D eigenvalue weighted by molar-refractivity contribution is -0.119. The standard InChI is InChI=1S/C15H23NO2S/c1-11-7-5-6-8-12(11)13(17)9-16-14(18)10-19-15(2,3)4/h5-8,13,17H,9-10H2,1-4H3,(H,16,18). The van der Waals surface area contributed by atoms with E-state index in [1.54, 1.807) is 11.8 Å². The van der Waals surface area contributed by atoms with Gasteiger partial charge in [-0.3, -0.25) is 4.79 Å². The molecule has 1 unspecified atom stereocenters. The van der Waals surface area contributed by atoms with Gasteiger partial charge in [0.1, 0.15) is 0 Å². The van der Waals surface area contributed by atoms with Gasteiger partial charge in [0, 0.05) is 11.3 Å². The van der Waals surface area contributed by atoms with E-state index in [0.717, 1.165) is 11.1 Å². The molecule has 0 aliphatic heterocycles. The Kier molecular flexibility index (Phi) is 5.88. The minimum Gasteiger partial charge on any atom is -0.387 e. The van der Waals surface area contributed by atoms with Crippen LogP contribution in [0.4, 0.5) is 0 Å². The number of rotatable bonds is 5. The number of carbonyl (C=O) groups excluding carboxylic acids is 1. The number of aliphatic hydroxyl groups excluding tert-OH is 1. The van der Waals surface area contributed by atoms with Crippen LogP contribution in [0.2, 0.25) is 0 Å². The third-order valence-corrected chi connectivity index (χ3v) is 3.95. The second-order valence-electron chi connectivity index (χ2n) is 5.58. The summed E-state index contributed by atoms with van der Waals surface area (Å²) in [5.74, 6) is 0.386. The maximum absolute atomic E-state index is 11.7. The van der Waals surface area contributed by atoms with Crippen molar-refractivity contribution in [1.82, 2.24) is 5.32 Å². The van der Waals surface area contributed by atoms with Crippen molar-refractivity contribution in [1.29, 1.82) is 0 Å². The van der Waals surface area contributed by atoms with Crippen molar-refractivity contribution >= 4 is 17.7 Å². The SMILES string of the molecule is Cc1ccccc1C(O)CNC(=O)CSC(C)(C)C. The van der Waals surface area contributed by atoms with Crippen molar-refractivity contribution in [2.24, 2.45) is 0 Å². The van der Waals surface area contributed by atoms with Gasteiger partial charge in [0.2, 0.25) is 5.91 Å². The highest BCUT2D eigenvalue weighted by Gasteiger charge is 2.15. The maximum Gasteiger partial charge on any atom is 0.230 e. The van der Waals surface area contributed by atoms with Crippen LogP contribution in [-0.2, 0) is 4.79 Å². The summed E-state index contributed by atoms with van der Waals surface area (Å²) in [6.07, 6.45) is -0.648. The van der Waals surface area contributed by atoms with E-state index >= 15 is 0 Å². The second kappa shape index (κ2) is 6.96. The molecule has 0 aliphatic carbocycles. The van der Waals surface area contributed by atoms with Gasteiger partial charge in [-0.05, 0) is 18.1 Å². The smallest absolute Gasteiger partial charge is 0.230 e. The third kappa shape index (κ3) is 6.12. The topological polar surface area (TPSA) is 49.3 Å². The lowest BCUT2D eigenvalue weighted by atomic mass is 10.0. The van der Waals surface area contributed by atoms with Crippen molar-refractivity contribution in [3.05, 3.63) is 35.4 Å². The van der Waals surface area contributed by atoms with Crippen LogP contribution in [0.5, 0.6) is 0 Å². The lowest BCUT2D eigenvalue weighted by Crippen LogP contribution is -2.31. The minimum atomic E-state index is -0.648. The fourth-order valence-electron chi connectivity index (χ4n) is 1.61. The molecule has 0 saturated heterocycles. The van der Waals surface area contributed by atoms with Gasteiger partial charge in [-0.15, -0.1) is 11.8 Å². The molecular weight excluding hydrogens is 258 g/mol. The summed E-state index contributed by atoms with van der Waals surface area (Å²) in [5.41, 5.74) is 1.90. The minimum absolute atomic E-state index is 0.0347. The van der Waals surface area contributed by atoms with Crippen LogP contribution in [-0.4, -0.2) is 28.1 Å². The molecule has 106 valence electrons. The van der Waals surface area contributed by atoms with Crippen molar-refractivity contribution in [3.63, 3.8) is 0 Å². The van der Waals surface area contributed by atoms with Crippen molar-refractivity contribution < 1.29 is 9.90 Å². The molecule has 0 fully saturated rings. The number of thioether (sulfide) groups is 1. The molecule has 0 saturated carbocycles. The Morgan fingerprint density at radius 1 is 1.37 bits per heavy atom. The Morgan fingerprint density at radius 2 is 2.00 bits per heavy atom. The fraction of sp³-hybridized carbons (Fsp3) is 0.533. The molecular formula is C15H23NO2S. The number of benzene rings is 1. The summed E-state index contributed by atoms with van der Waals surface area (Å²) in [5, 5.41) is 12.8. The highest BCUT2D eigenvalue weighted by Crippen LogP contribution is 2.22. The van der Waals surface area contributed by atoms with Gasteiger partial charge in [-0.25, -0.2) is 0 Å². The van der Waals surface area contributed by atoms with Gasteiger partial charge >= 0.3 is 0 Å². The molecule has 2 N–H and O–H groups in total. The van der Waals surface area contributed by atoms with Crippen LogP contribution in [0.1, 0.15) is 38.0 Å². The van der Waals surface area contributed by atoms with Gasteiger partial charge in [-0.2, -0.15) is 0 Å². The molecule has 3 nitrogen and oxygen atoms in total. The Hall–Kier alpha value is -1.000. The first-order valence-corrected chi connectivity index (χ1v) is 7.42. The molecule has 19 heavy (non-hydrogen) atoms. The maximum atomic E-state index is 11.7. The number of hydrogen-bond acceptors (Lipinski definition) is 3. The second-order valence-corrected chi connectivity index (χ2v) is 7.38. The van der Waals surface area contributed by atoms with Crippen LogP contribution in [0.25, 0.3) is 0 Å². The van der Waals surface area contributed by atoms with Crippen LogP contribution in [0.15, 0.2) is 24.3 Å². The van der Waals surface area contributed by atoms with Crippen LogP contribution in [0.3, 0.4) is 0 Å². The summed E-state index contributed by atoms with van der Waals surface area (Å²) in [4.78, 5) is 11.7. The van der Waals surface area contributed by atoms with E-state index in [1.807, 2.05) is 31.2 Å². The first kappa shape index (κ1) is 16.1. The quantitative estimate of drug-likeness (QED) is 0.872. The molecule has 0 bridgehead atoms. The van der Waals surface area contributed by atoms with Crippen LogP contribution < -0.4 is 5.32 Å². The zero-order valence-electron chi connectivity index (χ0n) is 12.1. The number of aryl methyl sites for hydroxylation is 1. The van der Waals surface area contributed by atoms with E-state index in [4.69, 9.17) is 0 Å². The Bertz CT molecular complexity index is 426. The van der Waals surface area contributed by atoms with E-state index < -0.39 is 6.10 Å². The molecule has 0 heterocycles. The largest absolute Gasteiger partial charge is 0.387 e. The van der Waals surface area contributed by atoms with Gasteiger partial charge in [0.05, 0.1) is 11.9 Å². The zero-order chi connectivity index (χ0) is 14.5. The first-order valence-electron chi connectivity index (χ1n) is 6.44. The normalized spacial score (nSPS) is 13.1. The Balaban J connectivity index is 2.40. The van der Waals surface area contributed by atoms with Crippen LogP contribution >= 0.6 is 11.8 Å². The zero-order valence-corrected chi connectivity index (χ0v) is 12.9. The molecule has 1 amide bonds. The first-order chi connectivity index (χ1) is 8.79. The highest BCUT2D eigenvalue weighted by atomic mass is 32.2. The molecule has 1 rings (SSSR count). The summed E-state index contributed by atoms with van der Waals surface area (Å²) >= 11 is 1.60. The summed E-state index contributed by atoms with van der Waals surface area (Å²) in [7, 11) is 0. The number of carbonyl (C=O) groups is 1. The lowest BCUT2D eigenvalue weighted by Gasteiger charge is -2.18. The van der Waals surface area contributed by atoms with Gasteiger partial charge in [0.25, 0.3) is 0 Å². The number of aliphatic hydroxyl groups is 1. The van der Waals surface area contributed by atoms with Gasteiger partial charge in [0.15, 0.2) is 0 Å². The molecule has 4 heteroatoms. The summed E-state index contributed by atoms with van der Waals surface area (Å²) < 4.78 is 0.0754. The Labute approximate surface area is 119 Å². The number of hydrogen-bond donors (Lipinski definition) is 2. The predicted molar refractivity (Wildman–Crippen MR) is 81.4 cm³/mol. The van der Waals surface area contributed by atoms with Crippen molar-refractivity contribution in [2.75, 3.05) is 12.3 Å². The van der Waals surface area contributed by atoms with E-state index in [0.29, 0.717) is 5.75 Å². The van der Waals surface area contributed by atoms with E-state index in [-0.39, 0.29) is 17.2 Å². The van der Waals surface area contributed by atoms with Crippen LogP contribution in [0, 0.1) is 6.92 Å². The summed E-state index contributed by atoms with van der Waals surface area (Å²) in [6, 6.07) is 7.67. The highest BCUT2D eigenvalue weighted by molar-refractivity contribution is 8.01. The monoisotopic (exact) mass is 281 g/mol. The predicted octanol–water partition coefficient (Wildman–Crippen LogP) is 2.68. The number of amides is 1. The molecule has 0 aromatic heterocycles. The van der Waals surface area contributed by atoms with E-state index in [9.17, 15) is 9.90 Å². The van der Waals surface area contributed by atoms with Gasteiger partial charge in [-0.1, -0.05) is 45.0 Å². The molecule has 1 atom stereocenters. The molecule has 0 radical (unpaired) electrons. The van der Waals surface area contributed by atoms with Crippen molar-refractivity contribution in [2.45, 2.75) is 38.5 Å².